The van der Waals surface area contributed by atoms with E-state index in [0.29, 0.717) is 23.1 Å². The van der Waals surface area contributed by atoms with Gasteiger partial charge in [0.2, 0.25) is 0 Å². The molecular weight excluding hydrogens is 363 g/mol. The van der Waals surface area contributed by atoms with Crippen molar-refractivity contribution < 1.29 is 4.74 Å². The molecule has 1 heterocycles. The zero-order valence-corrected chi connectivity index (χ0v) is 15.4. The van der Waals surface area contributed by atoms with E-state index in [-0.39, 0.29) is 0 Å². The van der Waals surface area contributed by atoms with Crippen molar-refractivity contribution in [2.24, 2.45) is 0 Å². The Bertz CT molecular complexity index is 835. The maximum absolute atomic E-state index is 6.03. The maximum Gasteiger partial charge on any atom is 0.127 e. The van der Waals surface area contributed by atoms with E-state index in [1.54, 1.807) is 18.4 Å². The van der Waals surface area contributed by atoms with E-state index in [0.717, 1.165) is 26.8 Å². The van der Waals surface area contributed by atoms with E-state index < -0.39 is 0 Å². The molecular formula is C18H16Cl2N2OS. The van der Waals surface area contributed by atoms with Crippen molar-refractivity contribution in [2.45, 2.75) is 13.1 Å². The number of nitrogens with zero attached hydrogens (tertiary/aromatic N) is 1. The van der Waals surface area contributed by atoms with Gasteiger partial charge in [0.05, 0.1) is 22.0 Å². The summed E-state index contributed by atoms with van der Waals surface area (Å²) in [7, 11) is 1.68. The molecule has 0 unspecified atom stereocenters. The second-order valence-corrected chi connectivity index (χ2v) is 7.10. The van der Waals surface area contributed by atoms with Gasteiger partial charge in [0.25, 0.3) is 0 Å². The van der Waals surface area contributed by atoms with Gasteiger partial charge in [-0.15, -0.1) is 11.3 Å². The molecule has 0 aliphatic carbocycles. The van der Waals surface area contributed by atoms with E-state index in [9.17, 15) is 0 Å². The smallest absolute Gasteiger partial charge is 0.127 e. The summed E-state index contributed by atoms with van der Waals surface area (Å²) in [4.78, 5) is 5.58. The fourth-order valence-corrected chi connectivity index (χ4v) is 3.57. The Hall–Kier alpha value is -1.59. The molecule has 0 atom stereocenters. The Morgan fingerprint density at radius 1 is 1.08 bits per heavy atom. The number of benzene rings is 2. The van der Waals surface area contributed by atoms with Crippen LogP contribution in [0.4, 0.5) is 0 Å². The summed E-state index contributed by atoms with van der Waals surface area (Å²) >= 11 is 13.6. The first-order valence-electron chi connectivity index (χ1n) is 7.40. The van der Waals surface area contributed by atoms with Gasteiger partial charge in [-0.2, -0.15) is 0 Å². The number of para-hydroxylation sites is 1. The summed E-state index contributed by atoms with van der Waals surface area (Å²) in [5, 5.41) is 5.54. The van der Waals surface area contributed by atoms with E-state index in [2.05, 4.69) is 10.3 Å². The SMILES string of the molecule is COc1ccccc1-c1cnc(CNCc2ccc(Cl)c(Cl)c2)s1. The second kappa shape index (κ2) is 7.99. The molecule has 3 aromatic rings. The molecule has 0 saturated carbocycles. The van der Waals surface area contributed by atoms with Crippen LogP contribution in [0.2, 0.25) is 10.0 Å². The zero-order valence-electron chi connectivity index (χ0n) is 13.1. The Labute approximate surface area is 155 Å². The molecule has 124 valence electrons. The molecule has 0 fully saturated rings. The summed E-state index contributed by atoms with van der Waals surface area (Å²) in [6.45, 7) is 1.40. The molecule has 3 rings (SSSR count). The van der Waals surface area contributed by atoms with Gasteiger partial charge in [-0.3, -0.25) is 0 Å². The fraction of sp³-hybridized carbons (Fsp3) is 0.167. The lowest BCUT2D eigenvalue weighted by molar-refractivity contribution is 0.416. The Balaban J connectivity index is 1.63. The highest BCUT2D eigenvalue weighted by Gasteiger charge is 2.09. The first-order chi connectivity index (χ1) is 11.7. The van der Waals surface area contributed by atoms with Crippen LogP contribution in [-0.2, 0) is 13.1 Å². The normalized spacial score (nSPS) is 10.8. The first kappa shape index (κ1) is 17.2. The minimum atomic E-state index is 0.571. The molecule has 1 aromatic heterocycles. The molecule has 24 heavy (non-hydrogen) atoms. The fourth-order valence-electron chi connectivity index (χ4n) is 2.33. The molecule has 1 N–H and O–H groups in total. The average molecular weight is 379 g/mol. The lowest BCUT2D eigenvalue weighted by atomic mass is 10.2. The van der Waals surface area contributed by atoms with Crippen molar-refractivity contribution in [3.8, 4) is 16.2 Å². The largest absolute Gasteiger partial charge is 0.496 e. The predicted molar refractivity (Wildman–Crippen MR) is 101 cm³/mol. The van der Waals surface area contributed by atoms with Crippen molar-refractivity contribution in [3.63, 3.8) is 0 Å². The van der Waals surface area contributed by atoms with Gasteiger partial charge in [0.15, 0.2) is 0 Å². The van der Waals surface area contributed by atoms with Crippen molar-refractivity contribution in [1.82, 2.24) is 10.3 Å². The van der Waals surface area contributed by atoms with Crippen molar-refractivity contribution in [3.05, 3.63) is 69.3 Å². The molecule has 0 saturated heterocycles. The molecule has 2 aromatic carbocycles. The number of hydrogen-bond donors (Lipinski definition) is 1. The molecule has 0 aliphatic heterocycles. The van der Waals surface area contributed by atoms with Crippen LogP contribution in [0.3, 0.4) is 0 Å². The Morgan fingerprint density at radius 2 is 1.92 bits per heavy atom. The third kappa shape index (κ3) is 4.08. The quantitative estimate of drug-likeness (QED) is 0.621. The van der Waals surface area contributed by atoms with Crippen LogP contribution in [0.25, 0.3) is 10.4 Å². The van der Waals surface area contributed by atoms with Crippen molar-refractivity contribution >= 4 is 34.5 Å². The minimum absolute atomic E-state index is 0.571. The molecule has 0 radical (unpaired) electrons. The zero-order chi connectivity index (χ0) is 16.9. The number of rotatable bonds is 6. The number of ether oxygens (including phenoxy) is 1. The summed E-state index contributed by atoms with van der Waals surface area (Å²) in [5.74, 6) is 0.858. The number of methoxy groups -OCH3 is 1. The van der Waals surface area contributed by atoms with Gasteiger partial charge in [0, 0.05) is 24.8 Å². The van der Waals surface area contributed by atoms with Crippen LogP contribution in [-0.4, -0.2) is 12.1 Å². The van der Waals surface area contributed by atoms with Crippen LogP contribution in [0, 0.1) is 0 Å². The topological polar surface area (TPSA) is 34.1 Å². The van der Waals surface area contributed by atoms with Crippen LogP contribution in [0.1, 0.15) is 10.6 Å². The average Bonchev–Trinajstić information content (AvgIpc) is 3.07. The molecule has 6 heteroatoms. The van der Waals surface area contributed by atoms with Crippen molar-refractivity contribution in [1.29, 1.82) is 0 Å². The van der Waals surface area contributed by atoms with Gasteiger partial charge >= 0.3 is 0 Å². The summed E-state index contributed by atoms with van der Waals surface area (Å²) < 4.78 is 5.41. The van der Waals surface area contributed by atoms with E-state index in [1.807, 2.05) is 48.7 Å². The highest BCUT2D eigenvalue weighted by atomic mass is 35.5. The van der Waals surface area contributed by atoms with Crippen LogP contribution >= 0.6 is 34.5 Å². The number of halogens is 2. The molecule has 0 bridgehead atoms. The maximum atomic E-state index is 6.03. The van der Waals surface area contributed by atoms with Crippen LogP contribution in [0.15, 0.2) is 48.7 Å². The summed E-state index contributed by atoms with van der Waals surface area (Å²) in [5.41, 5.74) is 2.15. The number of hydrogen-bond acceptors (Lipinski definition) is 4. The summed E-state index contributed by atoms with van der Waals surface area (Å²) in [6, 6.07) is 13.6. The standard InChI is InChI=1S/C18H16Cl2N2OS/c1-23-16-5-3-2-4-13(16)17-10-22-18(24-17)11-21-9-12-6-7-14(19)15(20)8-12/h2-8,10,21H,9,11H2,1H3. The van der Waals surface area contributed by atoms with Crippen LogP contribution in [0.5, 0.6) is 5.75 Å². The van der Waals surface area contributed by atoms with E-state index in [1.165, 1.54) is 0 Å². The van der Waals surface area contributed by atoms with Crippen LogP contribution < -0.4 is 10.1 Å². The summed E-state index contributed by atoms with van der Waals surface area (Å²) in [6.07, 6.45) is 1.89. The van der Waals surface area contributed by atoms with Gasteiger partial charge in [0.1, 0.15) is 10.8 Å². The molecule has 0 spiro atoms. The Morgan fingerprint density at radius 3 is 2.71 bits per heavy atom. The molecule has 3 nitrogen and oxygen atoms in total. The third-order valence-electron chi connectivity index (χ3n) is 3.52. The van der Waals surface area contributed by atoms with Gasteiger partial charge in [-0.25, -0.2) is 4.98 Å². The highest BCUT2D eigenvalue weighted by molar-refractivity contribution is 7.15. The van der Waals surface area contributed by atoms with Gasteiger partial charge in [-0.1, -0.05) is 41.4 Å². The third-order valence-corrected chi connectivity index (χ3v) is 5.28. The van der Waals surface area contributed by atoms with E-state index >= 15 is 0 Å². The molecule has 0 aliphatic rings. The lowest BCUT2D eigenvalue weighted by Gasteiger charge is -2.05. The first-order valence-corrected chi connectivity index (χ1v) is 8.97. The van der Waals surface area contributed by atoms with Gasteiger partial charge < -0.3 is 10.1 Å². The number of thiazole rings is 1. The predicted octanol–water partition coefficient (Wildman–Crippen LogP) is 5.42. The number of aromatic nitrogens is 1. The van der Waals surface area contributed by atoms with Gasteiger partial charge in [-0.05, 0) is 29.8 Å². The number of nitrogens with one attached hydrogen (secondary N) is 1. The van der Waals surface area contributed by atoms with Crippen molar-refractivity contribution in [2.75, 3.05) is 7.11 Å². The molecule has 0 amide bonds. The second-order valence-electron chi connectivity index (χ2n) is 5.17. The minimum Gasteiger partial charge on any atom is -0.496 e. The Kier molecular flexibility index (Phi) is 5.74. The highest BCUT2D eigenvalue weighted by Crippen LogP contribution is 2.33. The van der Waals surface area contributed by atoms with E-state index in [4.69, 9.17) is 27.9 Å². The lowest BCUT2D eigenvalue weighted by Crippen LogP contribution is -2.12. The monoisotopic (exact) mass is 378 g/mol.